The largest absolute Gasteiger partial charge is 0.494 e. The van der Waals surface area contributed by atoms with E-state index in [9.17, 15) is 14.0 Å². The van der Waals surface area contributed by atoms with Gasteiger partial charge in [-0.1, -0.05) is 66.2 Å². The highest BCUT2D eigenvalue weighted by atomic mass is 19.1. The van der Waals surface area contributed by atoms with E-state index in [4.69, 9.17) is 4.74 Å². The lowest BCUT2D eigenvalue weighted by atomic mass is 10.00. The topological polar surface area (TPSA) is 58.6 Å². The zero-order valence-electron chi connectivity index (χ0n) is 22.2. The maximum Gasteiger partial charge on any atom is 0.243 e. The Balaban J connectivity index is 1.81. The molecule has 3 rings (SSSR count). The Morgan fingerprint density at radius 1 is 0.946 bits per heavy atom. The fraction of sp³-hybridized carbons (Fsp3) is 0.355. The van der Waals surface area contributed by atoms with Crippen LogP contribution in [0, 0.1) is 12.7 Å². The average Bonchev–Trinajstić information content (AvgIpc) is 2.85. The Labute approximate surface area is 219 Å². The van der Waals surface area contributed by atoms with E-state index in [0.29, 0.717) is 25.0 Å². The molecule has 2 amide bonds. The van der Waals surface area contributed by atoms with Gasteiger partial charge in [-0.2, -0.15) is 0 Å². The van der Waals surface area contributed by atoms with Crippen molar-refractivity contribution in [3.8, 4) is 5.75 Å². The summed E-state index contributed by atoms with van der Waals surface area (Å²) < 4.78 is 20.4. The predicted molar refractivity (Wildman–Crippen MR) is 145 cm³/mol. The second kappa shape index (κ2) is 13.0. The molecule has 3 aromatic rings. The first-order valence-electron chi connectivity index (χ1n) is 12.7. The van der Waals surface area contributed by atoms with Crippen LogP contribution in [0.25, 0.3) is 0 Å². The molecule has 0 unspecified atom stereocenters. The Morgan fingerprint density at radius 2 is 1.59 bits per heavy atom. The second-order valence-corrected chi connectivity index (χ2v) is 10.3. The van der Waals surface area contributed by atoms with Gasteiger partial charge in [-0.25, -0.2) is 4.39 Å². The van der Waals surface area contributed by atoms with Gasteiger partial charge in [-0.3, -0.25) is 9.59 Å². The Bertz CT molecular complexity index is 1160. The lowest BCUT2D eigenvalue weighted by Gasteiger charge is -2.34. The van der Waals surface area contributed by atoms with Crippen LogP contribution in [0.1, 0.15) is 50.3 Å². The zero-order chi connectivity index (χ0) is 26.8. The lowest BCUT2D eigenvalue weighted by Crippen LogP contribution is -2.54. The number of hydrogen-bond acceptors (Lipinski definition) is 3. The van der Waals surface area contributed by atoms with Gasteiger partial charge in [0.15, 0.2) is 0 Å². The molecule has 0 spiro atoms. The average molecular weight is 505 g/mol. The molecule has 3 aromatic carbocycles. The molecule has 1 N–H and O–H groups in total. The summed E-state index contributed by atoms with van der Waals surface area (Å²) in [5.74, 6) is -0.150. The molecule has 0 heterocycles. The molecule has 1 atom stereocenters. The smallest absolute Gasteiger partial charge is 0.243 e. The molecular formula is C31H37FN2O3. The summed E-state index contributed by atoms with van der Waals surface area (Å²) in [5.41, 5.74) is 1.95. The van der Waals surface area contributed by atoms with Gasteiger partial charge in [0.2, 0.25) is 11.8 Å². The van der Waals surface area contributed by atoms with E-state index in [1.807, 2.05) is 82.3 Å². The lowest BCUT2D eigenvalue weighted by molar-refractivity contribution is -0.142. The Morgan fingerprint density at radius 3 is 2.24 bits per heavy atom. The van der Waals surface area contributed by atoms with Gasteiger partial charge in [0.05, 0.1) is 6.61 Å². The predicted octanol–water partition coefficient (Wildman–Crippen LogP) is 5.85. The van der Waals surface area contributed by atoms with Crippen molar-refractivity contribution < 1.29 is 18.7 Å². The maximum absolute atomic E-state index is 14.6. The van der Waals surface area contributed by atoms with Gasteiger partial charge >= 0.3 is 0 Å². The van der Waals surface area contributed by atoms with E-state index in [0.717, 1.165) is 16.9 Å². The third kappa shape index (κ3) is 9.05. The van der Waals surface area contributed by atoms with Gasteiger partial charge < -0.3 is 15.0 Å². The van der Waals surface area contributed by atoms with Crippen LogP contribution in [0.4, 0.5) is 4.39 Å². The summed E-state index contributed by atoms with van der Waals surface area (Å²) in [6.45, 7) is 8.06. The number of benzene rings is 3. The summed E-state index contributed by atoms with van der Waals surface area (Å²) in [4.78, 5) is 28.6. The third-order valence-corrected chi connectivity index (χ3v) is 5.89. The summed E-state index contributed by atoms with van der Waals surface area (Å²) >= 11 is 0. The highest BCUT2D eigenvalue weighted by molar-refractivity contribution is 5.88. The molecule has 0 aromatic heterocycles. The maximum atomic E-state index is 14.6. The van der Waals surface area contributed by atoms with Crippen LogP contribution in [0.15, 0.2) is 78.9 Å². The number of nitrogens with zero attached hydrogens (tertiary/aromatic N) is 1. The van der Waals surface area contributed by atoms with Crippen molar-refractivity contribution in [3.63, 3.8) is 0 Å². The normalized spacial score (nSPS) is 12.0. The van der Waals surface area contributed by atoms with Gasteiger partial charge in [-0.15, -0.1) is 0 Å². The van der Waals surface area contributed by atoms with Gasteiger partial charge in [0, 0.05) is 30.5 Å². The molecule has 5 nitrogen and oxygen atoms in total. The number of hydrogen-bond donors (Lipinski definition) is 1. The molecule has 0 saturated carbocycles. The molecule has 196 valence electrons. The van der Waals surface area contributed by atoms with Crippen molar-refractivity contribution in [2.24, 2.45) is 0 Å². The third-order valence-electron chi connectivity index (χ3n) is 5.89. The first-order chi connectivity index (χ1) is 17.6. The Hall–Kier alpha value is -3.67. The van der Waals surface area contributed by atoms with Crippen molar-refractivity contribution in [1.82, 2.24) is 10.2 Å². The van der Waals surface area contributed by atoms with Crippen molar-refractivity contribution in [1.29, 1.82) is 0 Å². The van der Waals surface area contributed by atoms with Gasteiger partial charge in [0.1, 0.15) is 17.6 Å². The fourth-order valence-electron chi connectivity index (χ4n) is 4.01. The standard InChI is InChI=1S/C31H37FN2O3/c1-23-16-18-26(19-17-23)37-20-10-15-29(35)34(22-25-13-8-9-14-27(25)32)28(30(36)33-31(2,3)4)21-24-11-6-5-7-12-24/h5-9,11-14,16-19,28H,10,15,20-22H2,1-4H3,(H,33,36)/t28-/m1/s1. The molecule has 0 radical (unpaired) electrons. The van der Waals surface area contributed by atoms with E-state index in [1.165, 1.54) is 11.0 Å². The van der Waals surface area contributed by atoms with Crippen LogP contribution in [0.5, 0.6) is 5.75 Å². The van der Waals surface area contributed by atoms with Crippen molar-refractivity contribution in [3.05, 3.63) is 101 Å². The number of rotatable bonds is 11. The summed E-state index contributed by atoms with van der Waals surface area (Å²) in [7, 11) is 0. The van der Waals surface area contributed by atoms with Crippen molar-refractivity contribution >= 4 is 11.8 Å². The molecule has 0 aliphatic rings. The monoisotopic (exact) mass is 504 g/mol. The first-order valence-corrected chi connectivity index (χ1v) is 12.7. The van der Waals surface area contributed by atoms with E-state index >= 15 is 0 Å². The summed E-state index contributed by atoms with van der Waals surface area (Å²) in [6, 6.07) is 22.9. The fourth-order valence-corrected chi connectivity index (χ4v) is 4.01. The molecule has 0 fully saturated rings. The first kappa shape index (κ1) is 27.9. The van der Waals surface area contributed by atoms with Gasteiger partial charge in [0.25, 0.3) is 0 Å². The minimum absolute atomic E-state index is 0.000606. The number of halogens is 1. The van der Waals surface area contributed by atoms with Crippen molar-refractivity contribution in [2.45, 2.75) is 65.1 Å². The van der Waals surface area contributed by atoms with Crippen LogP contribution in [0.2, 0.25) is 0 Å². The quantitative estimate of drug-likeness (QED) is 0.334. The number of carbonyl (C=O) groups is 2. The molecular weight excluding hydrogens is 467 g/mol. The minimum Gasteiger partial charge on any atom is -0.494 e. The van der Waals surface area contributed by atoms with E-state index < -0.39 is 17.4 Å². The molecule has 0 bridgehead atoms. The Kier molecular flexibility index (Phi) is 9.84. The highest BCUT2D eigenvalue weighted by Crippen LogP contribution is 2.19. The van der Waals surface area contributed by atoms with Crippen LogP contribution >= 0.6 is 0 Å². The molecule has 0 saturated heterocycles. The number of nitrogens with one attached hydrogen (secondary N) is 1. The molecule has 6 heteroatoms. The number of carbonyl (C=O) groups excluding carboxylic acids is 2. The van der Waals surface area contributed by atoms with Crippen LogP contribution in [-0.2, 0) is 22.6 Å². The summed E-state index contributed by atoms with van der Waals surface area (Å²) in [5, 5.41) is 3.02. The zero-order valence-corrected chi connectivity index (χ0v) is 22.2. The number of ether oxygens (including phenoxy) is 1. The number of aryl methyl sites for hydroxylation is 1. The van der Waals surface area contributed by atoms with E-state index in [1.54, 1.807) is 18.2 Å². The molecule has 0 aliphatic carbocycles. The van der Waals surface area contributed by atoms with Crippen LogP contribution in [0.3, 0.4) is 0 Å². The van der Waals surface area contributed by atoms with Crippen LogP contribution in [-0.4, -0.2) is 34.9 Å². The SMILES string of the molecule is Cc1ccc(OCCCC(=O)N(Cc2ccccc2F)[C@H](Cc2ccccc2)C(=O)NC(C)(C)C)cc1. The molecule has 37 heavy (non-hydrogen) atoms. The van der Waals surface area contributed by atoms with Crippen molar-refractivity contribution in [2.75, 3.05) is 6.61 Å². The minimum atomic E-state index is -0.799. The highest BCUT2D eigenvalue weighted by Gasteiger charge is 2.32. The molecule has 0 aliphatic heterocycles. The van der Waals surface area contributed by atoms with Gasteiger partial charge in [-0.05, 0) is 57.9 Å². The van der Waals surface area contributed by atoms with E-state index in [2.05, 4.69) is 5.32 Å². The van der Waals surface area contributed by atoms with E-state index in [-0.39, 0.29) is 24.8 Å². The second-order valence-electron chi connectivity index (χ2n) is 10.3. The van der Waals surface area contributed by atoms with Crippen LogP contribution < -0.4 is 10.1 Å². The number of amides is 2. The summed E-state index contributed by atoms with van der Waals surface area (Å²) in [6.07, 6.45) is 0.969.